The normalized spacial score (nSPS) is 19.8. The predicted octanol–water partition coefficient (Wildman–Crippen LogP) is -3.59. The smallest absolute Gasteiger partial charge is 0.111 e. The van der Waals surface area contributed by atoms with E-state index >= 15 is 0 Å². The van der Waals surface area contributed by atoms with Crippen LogP contribution in [0.4, 0.5) is 0 Å². The first kappa shape index (κ1) is 15.8. The molecule has 82 valence electrons. The van der Waals surface area contributed by atoms with Crippen LogP contribution in [0, 0.1) is 0 Å². The summed E-state index contributed by atoms with van der Waals surface area (Å²) in [5.74, 6) is 0. The summed E-state index contributed by atoms with van der Waals surface area (Å²) >= 11 is 0. The molecule has 0 heterocycles. The Balaban J connectivity index is 0. The van der Waals surface area contributed by atoms with Gasteiger partial charge in [0, 0.05) is 19.5 Å². The second kappa shape index (κ2) is 7.76. The van der Waals surface area contributed by atoms with Crippen molar-refractivity contribution in [2.75, 3.05) is 13.2 Å². The van der Waals surface area contributed by atoms with E-state index in [1.54, 1.807) is 0 Å². The molecule has 0 aromatic heterocycles. The van der Waals surface area contributed by atoms with Crippen molar-refractivity contribution in [1.82, 2.24) is 0 Å². The van der Waals surface area contributed by atoms with Gasteiger partial charge in [0.2, 0.25) is 0 Å². The maximum atomic E-state index is 8.96. The van der Waals surface area contributed by atoms with Crippen LogP contribution in [0.25, 0.3) is 0 Å². The summed E-state index contributed by atoms with van der Waals surface area (Å²) in [6.45, 7) is -1.45. The van der Waals surface area contributed by atoms with E-state index in [2.05, 4.69) is 0 Å². The standard InChI is InChI=1S/C6H14O6.Ru/c7-1-3(9)5(11)6(12)4(10)2-8;/h3-12H,1-2H2;. The van der Waals surface area contributed by atoms with Crippen LogP contribution in [0.5, 0.6) is 0 Å². The Hall–Kier alpha value is 0.383. The average molecular weight is 283 g/mol. The van der Waals surface area contributed by atoms with Crippen molar-refractivity contribution in [3.8, 4) is 0 Å². The number of hydrogen-bond acceptors (Lipinski definition) is 6. The molecule has 0 rings (SSSR count). The summed E-state index contributed by atoms with van der Waals surface area (Å²) in [7, 11) is 0. The zero-order chi connectivity index (χ0) is 9.72. The predicted molar refractivity (Wildman–Crippen MR) is 38.2 cm³/mol. The zero-order valence-corrected chi connectivity index (χ0v) is 8.50. The molecule has 0 aliphatic rings. The SMILES string of the molecule is OCC(O)C(O)C(O)C(O)CO.[Ru]. The Morgan fingerprint density at radius 1 is 0.692 bits per heavy atom. The van der Waals surface area contributed by atoms with Gasteiger partial charge in [-0.2, -0.15) is 0 Å². The van der Waals surface area contributed by atoms with Gasteiger partial charge in [-0.15, -0.1) is 0 Å². The van der Waals surface area contributed by atoms with Gasteiger partial charge in [-0.1, -0.05) is 0 Å². The van der Waals surface area contributed by atoms with Gasteiger partial charge in [-0.05, 0) is 0 Å². The van der Waals surface area contributed by atoms with Crippen molar-refractivity contribution in [2.45, 2.75) is 24.4 Å². The molecule has 6 N–H and O–H groups in total. The monoisotopic (exact) mass is 284 g/mol. The first-order valence-electron chi connectivity index (χ1n) is 3.48. The molecule has 0 aliphatic heterocycles. The average Bonchev–Trinajstić information content (AvgIpc) is 2.12. The van der Waals surface area contributed by atoms with E-state index in [9.17, 15) is 0 Å². The molecule has 0 aliphatic carbocycles. The fourth-order valence-corrected chi connectivity index (χ4v) is 0.671. The van der Waals surface area contributed by atoms with Gasteiger partial charge in [-0.25, -0.2) is 0 Å². The van der Waals surface area contributed by atoms with Crippen LogP contribution in [-0.4, -0.2) is 68.3 Å². The Kier molecular flexibility index (Phi) is 9.45. The molecule has 0 saturated heterocycles. The van der Waals surface area contributed by atoms with Crippen LogP contribution < -0.4 is 0 Å². The van der Waals surface area contributed by atoms with Gasteiger partial charge in [0.1, 0.15) is 24.4 Å². The third-order valence-electron chi connectivity index (χ3n) is 1.51. The Bertz CT molecular complexity index is 110. The quantitative estimate of drug-likeness (QED) is 0.290. The molecular weight excluding hydrogens is 269 g/mol. The van der Waals surface area contributed by atoms with Gasteiger partial charge >= 0.3 is 0 Å². The molecular formula is C6H14O6Ru. The molecule has 7 heteroatoms. The van der Waals surface area contributed by atoms with Crippen LogP contribution in [0.15, 0.2) is 0 Å². The molecule has 0 saturated carbocycles. The van der Waals surface area contributed by atoms with Crippen molar-refractivity contribution in [2.24, 2.45) is 0 Å². The maximum absolute atomic E-state index is 8.96. The third kappa shape index (κ3) is 4.97. The fraction of sp³-hybridized carbons (Fsp3) is 1.00. The molecule has 0 bridgehead atoms. The Morgan fingerprint density at radius 3 is 1.08 bits per heavy atom. The van der Waals surface area contributed by atoms with Crippen molar-refractivity contribution in [3.05, 3.63) is 0 Å². The van der Waals surface area contributed by atoms with E-state index in [1.807, 2.05) is 0 Å². The molecule has 0 aromatic rings. The molecule has 13 heavy (non-hydrogen) atoms. The summed E-state index contributed by atoms with van der Waals surface area (Å²) < 4.78 is 0. The molecule has 6 nitrogen and oxygen atoms in total. The van der Waals surface area contributed by atoms with Crippen LogP contribution in [0.2, 0.25) is 0 Å². The second-order valence-corrected chi connectivity index (χ2v) is 2.48. The molecule has 4 atom stereocenters. The number of rotatable bonds is 5. The van der Waals surface area contributed by atoms with Gasteiger partial charge in [0.15, 0.2) is 0 Å². The summed E-state index contributed by atoms with van der Waals surface area (Å²) in [5, 5.41) is 52.2. The van der Waals surface area contributed by atoms with Gasteiger partial charge < -0.3 is 30.6 Å². The minimum atomic E-state index is -1.67. The zero-order valence-electron chi connectivity index (χ0n) is 6.76. The second-order valence-electron chi connectivity index (χ2n) is 2.48. The van der Waals surface area contributed by atoms with E-state index < -0.39 is 37.6 Å². The Labute approximate surface area is 88.2 Å². The van der Waals surface area contributed by atoms with E-state index in [0.29, 0.717) is 0 Å². The van der Waals surface area contributed by atoms with E-state index in [0.717, 1.165) is 0 Å². The number of aliphatic hydroxyl groups excluding tert-OH is 6. The van der Waals surface area contributed by atoms with Crippen LogP contribution >= 0.6 is 0 Å². The topological polar surface area (TPSA) is 121 Å². The minimum Gasteiger partial charge on any atom is -0.394 e. The summed E-state index contributed by atoms with van der Waals surface area (Å²) in [6.07, 6.45) is -6.39. The first-order chi connectivity index (χ1) is 5.54. The van der Waals surface area contributed by atoms with E-state index in [4.69, 9.17) is 30.6 Å². The summed E-state index contributed by atoms with van der Waals surface area (Å²) in [5.41, 5.74) is 0. The first-order valence-corrected chi connectivity index (χ1v) is 3.48. The van der Waals surface area contributed by atoms with Crippen molar-refractivity contribution < 1.29 is 50.1 Å². The van der Waals surface area contributed by atoms with E-state index in [1.165, 1.54) is 0 Å². The molecule has 0 fully saturated rings. The number of hydrogen-bond donors (Lipinski definition) is 6. The van der Waals surface area contributed by atoms with E-state index in [-0.39, 0.29) is 19.5 Å². The third-order valence-corrected chi connectivity index (χ3v) is 1.51. The summed E-state index contributed by atoms with van der Waals surface area (Å²) in [6, 6.07) is 0. The minimum absolute atomic E-state index is 0. The summed E-state index contributed by atoms with van der Waals surface area (Å²) in [4.78, 5) is 0. The van der Waals surface area contributed by atoms with Crippen LogP contribution in [0.3, 0.4) is 0 Å². The molecule has 0 amide bonds. The molecule has 0 radical (unpaired) electrons. The van der Waals surface area contributed by atoms with Crippen LogP contribution in [0.1, 0.15) is 0 Å². The molecule has 0 spiro atoms. The number of aliphatic hydroxyl groups is 6. The van der Waals surface area contributed by atoms with Gasteiger partial charge in [-0.3, -0.25) is 0 Å². The van der Waals surface area contributed by atoms with Crippen LogP contribution in [-0.2, 0) is 19.5 Å². The largest absolute Gasteiger partial charge is 0.394 e. The molecule has 4 unspecified atom stereocenters. The van der Waals surface area contributed by atoms with Crippen molar-refractivity contribution >= 4 is 0 Å². The maximum Gasteiger partial charge on any atom is 0.111 e. The fourth-order valence-electron chi connectivity index (χ4n) is 0.671. The van der Waals surface area contributed by atoms with Crippen molar-refractivity contribution in [3.63, 3.8) is 0 Å². The molecule has 0 aromatic carbocycles. The van der Waals surface area contributed by atoms with Gasteiger partial charge in [0.25, 0.3) is 0 Å². The van der Waals surface area contributed by atoms with Crippen molar-refractivity contribution in [1.29, 1.82) is 0 Å². The van der Waals surface area contributed by atoms with Gasteiger partial charge in [0.05, 0.1) is 13.2 Å². The Morgan fingerprint density at radius 2 is 0.923 bits per heavy atom.